The van der Waals surface area contributed by atoms with Crippen molar-refractivity contribution in [2.24, 2.45) is 0 Å². The van der Waals surface area contributed by atoms with Crippen molar-refractivity contribution < 1.29 is 33.3 Å². The van der Waals surface area contributed by atoms with E-state index in [1.54, 1.807) is 54.6 Å². The van der Waals surface area contributed by atoms with Crippen LogP contribution in [0.25, 0.3) is 5.76 Å². The van der Waals surface area contributed by atoms with Gasteiger partial charge in [0.15, 0.2) is 11.5 Å². The van der Waals surface area contributed by atoms with Crippen LogP contribution in [0.4, 0.5) is 0 Å². The van der Waals surface area contributed by atoms with Gasteiger partial charge in [0.1, 0.15) is 23.9 Å². The van der Waals surface area contributed by atoms with Gasteiger partial charge < -0.3 is 28.6 Å². The predicted molar refractivity (Wildman–Crippen MR) is 148 cm³/mol. The fourth-order valence-electron chi connectivity index (χ4n) is 4.70. The molecule has 0 radical (unpaired) electrons. The summed E-state index contributed by atoms with van der Waals surface area (Å²) in [6.07, 6.45) is 1.50. The van der Waals surface area contributed by atoms with Gasteiger partial charge in [0.25, 0.3) is 11.7 Å². The fourth-order valence-corrected chi connectivity index (χ4v) is 4.70. The molecule has 8 nitrogen and oxygen atoms in total. The van der Waals surface area contributed by atoms with E-state index < -0.39 is 17.7 Å². The first kappa shape index (κ1) is 26.6. The second-order valence-electron chi connectivity index (χ2n) is 9.15. The third-order valence-corrected chi connectivity index (χ3v) is 6.63. The van der Waals surface area contributed by atoms with E-state index in [0.717, 1.165) is 5.56 Å². The molecule has 1 N–H and O–H groups in total. The van der Waals surface area contributed by atoms with Gasteiger partial charge in [-0.25, -0.2) is 0 Å². The van der Waals surface area contributed by atoms with Gasteiger partial charge >= 0.3 is 0 Å². The number of benzene rings is 3. The van der Waals surface area contributed by atoms with E-state index in [9.17, 15) is 14.7 Å². The number of hydrogen-bond acceptors (Lipinski definition) is 7. The van der Waals surface area contributed by atoms with Gasteiger partial charge in [-0.3, -0.25) is 9.59 Å². The van der Waals surface area contributed by atoms with Crippen molar-refractivity contribution in [3.05, 3.63) is 119 Å². The van der Waals surface area contributed by atoms with Crippen LogP contribution in [0.5, 0.6) is 17.2 Å². The van der Waals surface area contributed by atoms with Gasteiger partial charge in [0, 0.05) is 5.56 Å². The van der Waals surface area contributed by atoms with Crippen molar-refractivity contribution in [1.29, 1.82) is 0 Å². The Morgan fingerprint density at radius 3 is 2.38 bits per heavy atom. The minimum absolute atomic E-state index is 0.0271. The van der Waals surface area contributed by atoms with E-state index in [4.69, 9.17) is 18.6 Å². The number of methoxy groups -OCH3 is 1. The molecule has 2 heterocycles. The number of carbonyl (C=O) groups excluding carboxylic acids is 2. The molecule has 40 heavy (non-hydrogen) atoms. The Morgan fingerprint density at radius 2 is 1.70 bits per heavy atom. The molecule has 1 aliphatic heterocycles. The molecule has 5 rings (SSSR count). The minimum atomic E-state index is -0.895. The maximum Gasteiger partial charge on any atom is 0.296 e. The zero-order valence-corrected chi connectivity index (χ0v) is 22.2. The lowest BCUT2D eigenvalue weighted by atomic mass is 9.95. The normalized spacial score (nSPS) is 16.2. The summed E-state index contributed by atoms with van der Waals surface area (Å²) in [4.78, 5) is 28.1. The van der Waals surface area contributed by atoms with E-state index in [1.165, 1.54) is 18.3 Å². The molecule has 1 fully saturated rings. The lowest BCUT2D eigenvalue weighted by molar-refractivity contribution is -0.140. The van der Waals surface area contributed by atoms with Crippen LogP contribution in [0.2, 0.25) is 0 Å². The molecular weight excluding hydrogens is 510 g/mol. The second-order valence-corrected chi connectivity index (χ2v) is 9.15. The van der Waals surface area contributed by atoms with Gasteiger partial charge in [0.2, 0.25) is 0 Å². The van der Waals surface area contributed by atoms with E-state index >= 15 is 0 Å². The van der Waals surface area contributed by atoms with Crippen molar-refractivity contribution in [2.45, 2.75) is 26.1 Å². The Kier molecular flexibility index (Phi) is 7.87. The number of Topliss-reactive ketones (excluding diaryl/α,β-unsaturated/α-hetero) is 1. The molecule has 1 atom stereocenters. The highest BCUT2D eigenvalue weighted by molar-refractivity contribution is 6.46. The van der Waals surface area contributed by atoms with Crippen LogP contribution in [0.3, 0.4) is 0 Å². The highest BCUT2D eigenvalue weighted by Crippen LogP contribution is 2.43. The molecule has 1 unspecified atom stereocenters. The van der Waals surface area contributed by atoms with Crippen molar-refractivity contribution in [3.8, 4) is 17.2 Å². The third-order valence-electron chi connectivity index (χ3n) is 6.63. The molecule has 204 valence electrons. The van der Waals surface area contributed by atoms with Crippen LogP contribution in [-0.4, -0.2) is 35.4 Å². The zero-order valence-electron chi connectivity index (χ0n) is 22.2. The van der Waals surface area contributed by atoms with Crippen LogP contribution in [0, 0.1) is 0 Å². The van der Waals surface area contributed by atoms with Crippen LogP contribution < -0.4 is 14.2 Å². The molecule has 1 aromatic heterocycles. The second kappa shape index (κ2) is 11.8. The molecular formula is C32H29NO7. The number of aliphatic hydroxyl groups is 1. The van der Waals surface area contributed by atoms with E-state index in [-0.39, 0.29) is 17.9 Å². The van der Waals surface area contributed by atoms with Crippen molar-refractivity contribution in [2.75, 3.05) is 13.7 Å². The van der Waals surface area contributed by atoms with Crippen LogP contribution in [-0.2, 0) is 22.7 Å². The monoisotopic (exact) mass is 539 g/mol. The van der Waals surface area contributed by atoms with Crippen LogP contribution in [0.15, 0.2) is 101 Å². The number of ketones is 1. The van der Waals surface area contributed by atoms with Crippen LogP contribution >= 0.6 is 0 Å². The maximum absolute atomic E-state index is 13.4. The van der Waals surface area contributed by atoms with Crippen molar-refractivity contribution in [3.63, 3.8) is 0 Å². The SMILES string of the molecule is CCOc1ccc(C(O)=C2C(=O)C(=O)N(Cc3ccco3)C2c2ccc(OCc3ccccc3)c(OC)c2)cc1. The zero-order chi connectivity index (χ0) is 28.1. The molecule has 8 heteroatoms. The summed E-state index contributed by atoms with van der Waals surface area (Å²) in [6, 6.07) is 24.2. The average molecular weight is 540 g/mol. The Morgan fingerprint density at radius 1 is 0.925 bits per heavy atom. The summed E-state index contributed by atoms with van der Waals surface area (Å²) >= 11 is 0. The number of nitrogens with zero attached hydrogens (tertiary/aromatic N) is 1. The third kappa shape index (κ3) is 5.42. The number of carbonyl (C=O) groups is 2. The van der Waals surface area contributed by atoms with Gasteiger partial charge in [-0.1, -0.05) is 36.4 Å². The molecule has 0 spiro atoms. The molecule has 0 bridgehead atoms. The van der Waals surface area contributed by atoms with E-state index in [2.05, 4.69) is 0 Å². The Bertz CT molecular complexity index is 1510. The van der Waals surface area contributed by atoms with Crippen LogP contribution in [0.1, 0.15) is 35.4 Å². The summed E-state index contributed by atoms with van der Waals surface area (Å²) in [5.74, 6) is 0.260. The quantitative estimate of drug-likeness (QED) is 0.152. The molecule has 1 aliphatic rings. The topological polar surface area (TPSA) is 98.4 Å². The molecule has 3 aromatic carbocycles. The molecule has 0 aliphatic carbocycles. The molecule has 0 saturated carbocycles. The Labute approximate surface area is 232 Å². The number of aliphatic hydroxyl groups excluding tert-OH is 1. The van der Waals surface area contributed by atoms with E-state index in [1.807, 2.05) is 37.3 Å². The standard InChI is InChI=1S/C32H29NO7/c1-3-38-24-14-11-22(12-15-24)30(34)28-29(33(32(36)31(28)35)19-25-10-7-17-39-25)23-13-16-26(27(18-23)37-2)40-20-21-8-5-4-6-9-21/h4-18,29,34H,3,19-20H2,1-2H3. The summed E-state index contributed by atoms with van der Waals surface area (Å²) in [5, 5.41) is 11.4. The highest BCUT2D eigenvalue weighted by atomic mass is 16.5. The Balaban J connectivity index is 1.55. The summed E-state index contributed by atoms with van der Waals surface area (Å²) in [6.45, 7) is 2.75. The van der Waals surface area contributed by atoms with Crippen molar-refractivity contribution >= 4 is 17.4 Å². The van der Waals surface area contributed by atoms with Gasteiger partial charge in [0.05, 0.1) is 38.1 Å². The fraction of sp³-hybridized carbons (Fsp3) is 0.188. The summed E-state index contributed by atoms with van der Waals surface area (Å²) in [7, 11) is 1.52. The maximum atomic E-state index is 13.4. The summed E-state index contributed by atoms with van der Waals surface area (Å²) < 4.78 is 22.6. The first-order chi connectivity index (χ1) is 19.5. The van der Waals surface area contributed by atoms with Gasteiger partial charge in [-0.15, -0.1) is 0 Å². The number of amides is 1. The first-order valence-corrected chi connectivity index (χ1v) is 12.9. The number of ether oxygens (including phenoxy) is 3. The number of furan rings is 1. The number of rotatable bonds is 10. The summed E-state index contributed by atoms with van der Waals surface area (Å²) in [5.41, 5.74) is 1.93. The van der Waals surface area contributed by atoms with E-state index in [0.29, 0.717) is 47.3 Å². The molecule has 4 aromatic rings. The number of likely N-dealkylation sites (tertiary alicyclic amines) is 1. The predicted octanol–water partition coefficient (Wildman–Crippen LogP) is 5.89. The number of hydrogen-bond donors (Lipinski definition) is 1. The molecule has 1 saturated heterocycles. The Hall–Kier alpha value is -4.98. The molecule has 1 amide bonds. The smallest absolute Gasteiger partial charge is 0.296 e. The average Bonchev–Trinajstić information content (AvgIpc) is 3.59. The van der Waals surface area contributed by atoms with Gasteiger partial charge in [-0.05, 0) is 66.6 Å². The lowest BCUT2D eigenvalue weighted by Crippen LogP contribution is -2.29. The van der Waals surface area contributed by atoms with Gasteiger partial charge in [-0.2, -0.15) is 0 Å². The van der Waals surface area contributed by atoms with Crippen molar-refractivity contribution in [1.82, 2.24) is 4.90 Å². The minimum Gasteiger partial charge on any atom is -0.507 e. The highest BCUT2D eigenvalue weighted by Gasteiger charge is 2.46. The first-order valence-electron chi connectivity index (χ1n) is 12.9. The lowest BCUT2D eigenvalue weighted by Gasteiger charge is -2.25. The largest absolute Gasteiger partial charge is 0.507 e.